The SMILES string of the molecule is COC(=O)c1ccc(CN2C(=O)C(Cl)=C(Nc3cccc(C(F)(F)F)c3)C2=O)cc1. The molecule has 0 radical (unpaired) electrons. The van der Waals surface area contributed by atoms with Crippen molar-refractivity contribution in [3.05, 3.63) is 76.0 Å². The first-order chi connectivity index (χ1) is 14.1. The Hall–Kier alpha value is -3.33. The Morgan fingerprint density at radius 2 is 1.77 bits per heavy atom. The summed E-state index contributed by atoms with van der Waals surface area (Å²) in [5.74, 6) is -2.10. The molecule has 0 saturated carbocycles. The molecule has 0 bridgehead atoms. The van der Waals surface area contributed by atoms with E-state index >= 15 is 0 Å². The molecule has 0 spiro atoms. The average molecular weight is 439 g/mol. The molecule has 0 unspecified atom stereocenters. The summed E-state index contributed by atoms with van der Waals surface area (Å²) in [6, 6.07) is 10.2. The van der Waals surface area contributed by atoms with Gasteiger partial charge in [0.25, 0.3) is 11.8 Å². The van der Waals surface area contributed by atoms with Crippen molar-refractivity contribution in [2.45, 2.75) is 12.7 Å². The maximum atomic E-state index is 12.9. The lowest BCUT2D eigenvalue weighted by Gasteiger charge is -2.15. The predicted octanol–water partition coefficient (Wildman–Crippen LogP) is 3.92. The van der Waals surface area contributed by atoms with E-state index in [9.17, 15) is 27.6 Å². The van der Waals surface area contributed by atoms with Gasteiger partial charge in [0.15, 0.2) is 0 Å². The summed E-state index contributed by atoms with van der Waals surface area (Å²) in [6.07, 6.45) is -4.56. The number of halogens is 4. The van der Waals surface area contributed by atoms with E-state index in [1.807, 2.05) is 0 Å². The van der Waals surface area contributed by atoms with Gasteiger partial charge in [-0.05, 0) is 35.9 Å². The highest BCUT2D eigenvalue weighted by atomic mass is 35.5. The van der Waals surface area contributed by atoms with Crippen LogP contribution in [0.1, 0.15) is 21.5 Å². The minimum absolute atomic E-state index is 0.0385. The number of alkyl halides is 3. The van der Waals surface area contributed by atoms with Crippen molar-refractivity contribution in [3.63, 3.8) is 0 Å². The van der Waals surface area contributed by atoms with Crippen molar-refractivity contribution in [1.82, 2.24) is 4.90 Å². The second kappa shape index (κ2) is 8.19. The third kappa shape index (κ3) is 4.30. The maximum Gasteiger partial charge on any atom is 0.416 e. The number of methoxy groups -OCH3 is 1. The van der Waals surface area contributed by atoms with Gasteiger partial charge in [-0.1, -0.05) is 29.8 Å². The Kier molecular flexibility index (Phi) is 5.84. The van der Waals surface area contributed by atoms with Gasteiger partial charge >= 0.3 is 12.1 Å². The van der Waals surface area contributed by atoms with E-state index in [1.165, 1.54) is 31.4 Å². The van der Waals surface area contributed by atoms with E-state index in [1.54, 1.807) is 12.1 Å². The van der Waals surface area contributed by atoms with Gasteiger partial charge in [0, 0.05) is 5.69 Å². The molecule has 10 heteroatoms. The van der Waals surface area contributed by atoms with E-state index in [4.69, 9.17) is 11.6 Å². The van der Waals surface area contributed by atoms with Gasteiger partial charge in [-0.25, -0.2) is 4.79 Å². The number of carbonyl (C=O) groups is 3. The summed E-state index contributed by atoms with van der Waals surface area (Å²) < 4.78 is 43.2. The molecule has 1 heterocycles. The minimum atomic E-state index is -4.56. The van der Waals surface area contributed by atoms with E-state index in [2.05, 4.69) is 10.1 Å². The number of hydrogen-bond acceptors (Lipinski definition) is 5. The van der Waals surface area contributed by atoms with Crippen molar-refractivity contribution < 1.29 is 32.3 Å². The fraction of sp³-hybridized carbons (Fsp3) is 0.150. The zero-order chi connectivity index (χ0) is 22.1. The van der Waals surface area contributed by atoms with E-state index in [0.717, 1.165) is 17.0 Å². The zero-order valence-corrected chi connectivity index (χ0v) is 16.2. The lowest BCUT2D eigenvalue weighted by atomic mass is 10.1. The predicted molar refractivity (Wildman–Crippen MR) is 101 cm³/mol. The first kappa shape index (κ1) is 21.4. The molecular formula is C20H14ClF3N2O4. The normalized spacial score (nSPS) is 14.4. The molecule has 2 aromatic carbocycles. The summed E-state index contributed by atoms with van der Waals surface area (Å²) in [6.45, 7) is -0.136. The number of rotatable bonds is 5. The maximum absolute atomic E-state index is 12.9. The molecule has 2 aromatic rings. The molecule has 6 nitrogen and oxygen atoms in total. The van der Waals surface area contributed by atoms with E-state index in [-0.39, 0.29) is 17.9 Å². The zero-order valence-electron chi connectivity index (χ0n) is 15.4. The molecule has 0 atom stereocenters. The lowest BCUT2D eigenvalue weighted by molar-refractivity contribution is -0.138. The first-order valence-electron chi connectivity index (χ1n) is 8.49. The number of amides is 2. The standard InChI is InChI=1S/C20H14ClF3N2O4/c1-30-19(29)12-7-5-11(6-8-12)10-26-17(27)15(21)16(18(26)28)25-14-4-2-3-13(9-14)20(22,23)24/h2-9,25H,10H2,1H3. The summed E-state index contributed by atoms with van der Waals surface area (Å²) in [4.78, 5) is 37.4. The van der Waals surface area contributed by atoms with E-state index < -0.39 is 34.6 Å². The minimum Gasteiger partial charge on any atom is -0.465 e. The van der Waals surface area contributed by atoms with Gasteiger partial charge in [0.05, 0.1) is 24.8 Å². The highest BCUT2D eigenvalue weighted by Crippen LogP contribution is 2.32. The molecule has 0 fully saturated rings. The number of anilines is 1. The lowest BCUT2D eigenvalue weighted by Crippen LogP contribution is -2.31. The fourth-order valence-electron chi connectivity index (χ4n) is 2.76. The van der Waals surface area contributed by atoms with Crippen LogP contribution in [-0.2, 0) is 27.0 Å². The van der Waals surface area contributed by atoms with Crippen molar-refractivity contribution in [2.24, 2.45) is 0 Å². The molecule has 1 aliphatic rings. The third-order valence-electron chi connectivity index (χ3n) is 4.29. The van der Waals surface area contributed by atoms with Crippen LogP contribution in [0.15, 0.2) is 59.3 Å². The van der Waals surface area contributed by atoms with Crippen LogP contribution < -0.4 is 5.32 Å². The highest BCUT2D eigenvalue weighted by Gasteiger charge is 2.38. The van der Waals surface area contributed by atoms with Crippen molar-refractivity contribution in [1.29, 1.82) is 0 Å². The van der Waals surface area contributed by atoms with Crippen LogP contribution in [-0.4, -0.2) is 29.8 Å². The molecule has 1 aliphatic heterocycles. The van der Waals surface area contributed by atoms with Gasteiger partial charge in [-0.3, -0.25) is 14.5 Å². The van der Waals surface area contributed by atoms with Crippen molar-refractivity contribution in [3.8, 4) is 0 Å². The van der Waals surface area contributed by atoms with Crippen molar-refractivity contribution >= 4 is 35.1 Å². The number of benzene rings is 2. The Morgan fingerprint density at radius 1 is 1.10 bits per heavy atom. The van der Waals surface area contributed by atoms with Crippen LogP contribution in [0.4, 0.5) is 18.9 Å². The molecule has 3 rings (SSSR count). The topological polar surface area (TPSA) is 75.7 Å². The second-order valence-electron chi connectivity index (χ2n) is 6.28. The second-order valence-corrected chi connectivity index (χ2v) is 6.66. The van der Waals surface area contributed by atoms with Crippen LogP contribution in [0.2, 0.25) is 0 Å². The summed E-state index contributed by atoms with van der Waals surface area (Å²) in [5, 5.41) is 2.08. The van der Waals surface area contributed by atoms with Gasteiger partial charge in [-0.15, -0.1) is 0 Å². The number of nitrogens with zero attached hydrogens (tertiary/aromatic N) is 1. The monoisotopic (exact) mass is 438 g/mol. The van der Waals surface area contributed by atoms with Gasteiger partial charge < -0.3 is 10.1 Å². The first-order valence-corrected chi connectivity index (χ1v) is 8.87. The number of imide groups is 1. The number of carbonyl (C=O) groups excluding carboxylic acids is 3. The molecular weight excluding hydrogens is 425 g/mol. The molecule has 0 aromatic heterocycles. The molecule has 2 amide bonds. The van der Waals surface area contributed by atoms with Crippen LogP contribution in [0.25, 0.3) is 0 Å². The van der Waals surface area contributed by atoms with E-state index in [0.29, 0.717) is 11.1 Å². The molecule has 1 N–H and O–H groups in total. The number of esters is 1. The van der Waals surface area contributed by atoms with Gasteiger partial charge in [-0.2, -0.15) is 13.2 Å². The molecule has 30 heavy (non-hydrogen) atoms. The van der Waals surface area contributed by atoms with Crippen LogP contribution in [0.3, 0.4) is 0 Å². The number of nitrogens with one attached hydrogen (secondary N) is 1. The third-order valence-corrected chi connectivity index (χ3v) is 4.64. The largest absolute Gasteiger partial charge is 0.465 e. The van der Waals surface area contributed by atoms with Crippen LogP contribution in [0.5, 0.6) is 0 Å². The van der Waals surface area contributed by atoms with Gasteiger partial charge in [0.2, 0.25) is 0 Å². The summed E-state index contributed by atoms with van der Waals surface area (Å²) in [7, 11) is 1.24. The Balaban J connectivity index is 1.77. The van der Waals surface area contributed by atoms with Crippen LogP contribution in [0, 0.1) is 0 Å². The smallest absolute Gasteiger partial charge is 0.416 e. The summed E-state index contributed by atoms with van der Waals surface area (Å²) >= 11 is 5.97. The van der Waals surface area contributed by atoms with Crippen molar-refractivity contribution in [2.75, 3.05) is 12.4 Å². The molecule has 0 saturated heterocycles. The fourth-order valence-corrected chi connectivity index (χ4v) is 2.99. The summed E-state index contributed by atoms with van der Waals surface area (Å²) in [5.41, 5.74) is -0.434. The quantitative estimate of drug-likeness (QED) is 0.565. The Labute approximate surface area is 173 Å². The average Bonchev–Trinajstić information content (AvgIpc) is 2.91. The van der Waals surface area contributed by atoms with Gasteiger partial charge in [0.1, 0.15) is 10.7 Å². The molecule has 0 aliphatic carbocycles. The number of hydrogen-bond donors (Lipinski definition) is 1. The van der Waals surface area contributed by atoms with Crippen LogP contribution >= 0.6 is 11.6 Å². The Morgan fingerprint density at radius 3 is 2.37 bits per heavy atom. The Bertz CT molecular complexity index is 1050. The number of ether oxygens (including phenoxy) is 1. The highest BCUT2D eigenvalue weighted by molar-refractivity contribution is 6.48. The molecule has 156 valence electrons.